The third kappa shape index (κ3) is 3.24. The highest BCUT2D eigenvalue weighted by Crippen LogP contribution is 2.30. The monoisotopic (exact) mass is 208 g/mol. The first kappa shape index (κ1) is 12.1. The van der Waals surface area contributed by atoms with Crippen LogP contribution in [0.5, 0.6) is 5.75 Å². The van der Waals surface area contributed by atoms with E-state index in [0.29, 0.717) is 5.92 Å². The fourth-order valence-corrected chi connectivity index (χ4v) is 1.76. The molecule has 0 heterocycles. The first-order valence-electron chi connectivity index (χ1n) is 5.47. The molecule has 0 saturated heterocycles. The Balaban J connectivity index is 2.80. The molecule has 0 saturated carbocycles. The van der Waals surface area contributed by atoms with Gasteiger partial charge >= 0.3 is 0 Å². The summed E-state index contributed by atoms with van der Waals surface area (Å²) in [5.74, 6) is 0.729. The van der Waals surface area contributed by atoms with Crippen LogP contribution in [0.15, 0.2) is 24.3 Å². The fraction of sp³-hybridized carbons (Fsp3) is 0.538. The minimum Gasteiger partial charge on any atom is -0.508 e. The minimum absolute atomic E-state index is 0.234. The first-order chi connectivity index (χ1) is 6.95. The van der Waals surface area contributed by atoms with Crippen LogP contribution in [-0.2, 0) is 5.60 Å². The molecule has 0 bridgehead atoms. The largest absolute Gasteiger partial charge is 0.508 e. The molecular formula is C13H20O2. The summed E-state index contributed by atoms with van der Waals surface area (Å²) in [5, 5.41) is 19.5. The zero-order valence-corrected chi connectivity index (χ0v) is 9.70. The van der Waals surface area contributed by atoms with Gasteiger partial charge in [-0.2, -0.15) is 0 Å². The molecule has 2 atom stereocenters. The second-order valence-corrected chi connectivity index (χ2v) is 4.54. The summed E-state index contributed by atoms with van der Waals surface area (Å²) in [7, 11) is 0. The van der Waals surface area contributed by atoms with Gasteiger partial charge in [-0.25, -0.2) is 0 Å². The lowest BCUT2D eigenvalue weighted by Gasteiger charge is -2.26. The summed E-state index contributed by atoms with van der Waals surface area (Å²) in [6, 6.07) is 6.77. The van der Waals surface area contributed by atoms with Crippen LogP contribution in [0, 0.1) is 5.92 Å². The molecule has 0 aliphatic rings. The Morgan fingerprint density at radius 3 is 2.27 bits per heavy atom. The minimum atomic E-state index is -0.802. The number of phenolic OH excluding ortho intramolecular Hbond substituents is 1. The highest BCUT2D eigenvalue weighted by atomic mass is 16.3. The number of hydrogen-bond acceptors (Lipinski definition) is 2. The van der Waals surface area contributed by atoms with Crippen LogP contribution in [0.4, 0.5) is 0 Å². The first-order valence-corrected chi connectivity index (χ1v) is 5.47. The van der Waals surface area contributed by atoms with E-state index >= 15 is 0 Å². The molecule has 1 rings (SSSR count). The zero-order chi connectivity index (χ0) is 11.5. The van der Waals surface area contributed by atoms with Crippen molar-refractivity contribution in [3.8, 4) is 5.75 Å². The Bertz CT molecular complexity index is 301. The Labute approximate surface area is 91.6 Å². The molecule has 0 spiro atoms. The zero-order valence-electron chi connectivity index (χ0n) is 9.70. The van der Waals surface area contributed by atoms with Crippen LogP contribution in [0.3, 0.4) is 0 Å². The van der Waals surface area contributed by atoms with Crippen LogP contribution in [0.1, 0.15) is 39.2 Å². The highest BCUT2D eigenvalue weighted by molar-refractivity contribution is 5.29. The maximum Gasteiger partial charge on any atom is 0.115 e. The predicted molar refractivity (Wildman–Crippen MR) is 61.7 cm³/mol. The van der Waals surface area contributed by atoms with Crippen molar-refractivity contribution in [3.05, 3.63) is 29.8 Å². The molecule has 2 unspecified atom stereocenters. The SMILES string of the molecule is CCC(C)CC(C)(O)c1ccc(O)cc1. The van der Waals surface area contributed by atoms with Gasteiger partial charge < -0.3 is 10.2 Å². The van der Waals surface area contributed by atoms with Crippen molar-refractivity contribution in [1.82, 2.24) is 0 Å². The van der Waals surface area contributed by atoms with Crippen LogP contribution in [0.25, 0.3) is 0 Å². The Morgan fingerprint density at radius 2 is 1.80 bits per heavy atom. The van der Waals surface area contributed by atoms with Gasteiger partial charge in [0.1, 0.15) is 5.75 Å². The predicted octanol–water partition coefficient (Wildman–Crippen LogP) is 3.04. The van der Waals surface area contributed by atoms with E-state index in [1.165, 1.54) is 0 Å². The average molecular weight is 208 g/mol. The van der Waals surface area contributed by atoms with Crippen molar-refractivity contribution < 1.29 is 10.2 Å². The molecule has 1 aromatic carbocycles. The lowest BCUT2D eigenvalue weighted by molar-refractivity contribution is 0.0319. The second kappa shape index (κ2) is 4.67. The maximum atomic E-state index is 10.3. The molecule has 2 N–H and O–H groups in total. The van der Waals surface area contributed by atoms with E-state index in [0.717, 1.165) is 18.4 Å². The number of hydrogen-bond donors (Lipinski definition) is 2. The number of aromatic hydroxyl groups is 1. The van der Waals surface area contributed by atoms with Gasteiger partial charge in [0.05, 0.1) is 5.60 Å². The lowest BCUT2D eigenvalue weighted by atomic mass is 9.86. The molecule has 0 amide bonds. The van der Waals surface area contributed by atoms with Crippen molar-refractivity contribution in [3.63, 3.8) is 0 Å². The van der Waals surface area contributed by atoms with Gasteiger partial charge in [0.25, 0.3) is 0 Å². The molecule has 0 aromatic heterocycles. The van der Waals surface area contributed by atoms with Crippen molar-refractivity contribution in [2.45, 2.75) is 39.2 Å². The molecule has 0 aliphatic carbocycles. The van der Waals surface area contributed by atoms with Gasteiger partial charge in [0.15, 0.2) is 0 Å². The maximum absolute atomic E-state index is 10.3. The third-order valence-electron chi connectivity index (χ3n) is 2.93. The molecule has 84 valence electrons. The van der Waals surface area contributed by atoms with Crippen molar-refractivity contribution in [1.29, 1.82) is 0 Å². The van der Waals surface area contributed by atoms with E-state index in [2.05, 4.69) is 13.8 Å². The molecule has 0 aliphatic heterocycles. The topological polar surface area (TPSA) is 40.5 Å². The molecule has 2 heteroatoms. The lowest BCUT2D eigenvalue weighted by Crippen LogP contribution is -2.23. The van der Waals surface area contributed by atoms with E-state index in [-0.39, 0.29) is 5.75 Å². The van der Waals surface area contributed by atoms with Gasteiger partial charge in [-0.1, -0.05) is 32.4 Å². The smallest absolute Gasteiger partial charge is 0.115 e. The van der Waals surface area contributed by atoms with Gasteiger partial charge in [-0.05, 0) is 37.0 Å². The van der Waals surface area contributed by atoms with Gasteiger partial charge in [0, 0.05) is 0 Å². The van der Waals surface area contributed by atoms with Gasteiger partial charge in [-0.15, -0.1) is 0 Å². The number of aliphatic hydroxyl groups is 1. The Hall–Kier alpha value is -1.02. The van der Waals surface area contributed by atoms with Gasteiger partial charge in [-0.3, -0.25) is 0 Å². The fourth-order valence-electron chi connectivity index (χ4n) is 1.76. The molecular weight excluding hydrogens is 188 g/mol. The van der Waals surface area contributed by atoms with Gasteiger partial charge in [0.2, 0.25) is 0 Å². The van der Waals surface area contributed by atoms with E-state index in [1.807, 2.05) is 6.92 Å². The summed E-state index contributed by atoms with van der Waals surface area (Å²) >= 11 is 0. The van der Waals surface area contributed by atoms with Crippen LogP contribution in [-0.4, -0.2) is 10.2 Å². The van der Waals surface area contributed by atoms with E-state index in [9.17, 15) is 5.11 Å². The molecule has 1 aromatic rings. The van der Waals surface area contributed by atoms with Crippen LogP contribution in [0.2, 0.25) is 0 Å². The molecule has 2 nitrogen and oxygen atoms in total. The Morgan fingerprint density at radius 1 is 1.27 bits per heavy atom. The molecule has 15 heavy (non-hydrogen) atoms. The highest BCUT2D eigenvalue weighted by Gasteiger charge is 2.24. The Kier molecular flexibility index (Phi) is 3.75. The van der Waals surface area contributed by atoms with E-state index in [1.54, 1.807) is 24.3 Å². The van der Waals surface area contributed by atoms with E-state index < -0.39 is 5.60 Å². The number of phenols is 1. The summed E-state index contributed by atoms with van der Waals surface area (Å²) in [4.78, 5) is 0. The van der Waals surface area contributed by atoms with Crippen molar-refractivity contribution >= 4 is 0 Å². The third-order valence-corrected chi connectivity index (χ3v) is 2.93. The van der Waals surface area contributed by atoms with Crippen molar-refractivity contribution in [2.24, 2.45) is 5.92 Å². The van der Waals surface area contributed by atoms with E-state index in [4.69, 9.17) is 5.11 Å². The average Bonchev–Trinajstić information content (AvgIpc) is 2.17. The quantitative estimate of drug-likeness (QED) is 0.798. The standard InChI is InChI=1S/C13H20O2/c1-4-10(2)9-13(3,15)11-5-7-12(14)8-6-11/h5-8,10,14-15H,4,9H2,1-3H3. The summed E-state index contributed by atoms with van der Waals surface area (Å²) in [6.07, 6.45) is 1.81. The number of benzene rings is 1. The van der Waals surface area contributed by atoms with Crippen LogP contribution < -0.4 is 0 Å². The normalized spacial score (nSPS) is 17.1. The molecule has 0 fully saturated rings. The summed E-state index contributed by atoms with van der Waals surface area (Å²) in [5.41, 5.74) is 0.0592. The van der Waals surface area contributed by atoms with Crippen molar-refractivity contribution in [2.75, 3.05) is 0 Å². The summed E-state index contributed by atoms with van der Waals surface area (Å²) in [6.45, 7) is 6.08. The second-order valence-electron chi connectivity index (χ2n) is 4.54. The summed E-state index contributed by atoms with van der Waals surface area (Å²) < 4.78 is 0. The molecule has 0 radical (unpaired) electrons. The van der Waals surface area contributed by atoms with Crippen LogP contribution >= 0.6 is 0 Å². The number of rotatable bonds is 4.